The lowest BCUT2D eigenvalue weighted by Gasteiger charge is -2.19. The van der Waals surface area contributed by atoms with Crippen LogP contribution in [0.25, 0.3) is 0 Å². The molecule has 1 aliphatic heterocycles. The number of rotatable bonds is 4. The summed E-state index contributed by atoms with van der Waals surface area (Å²) in [7, 11) is 1.98. The van der Waals surface area contributed by atoms with E-state index in [0.717, 1.165) is 43.3 Å². The van der Waals surface area contributed by atoms with Crippen LogP contribution in [0.2, 0.25) is 0 Å². The molecule has 3 rings (SSSR count). The van der Waals surface area contributed by atoms with Gasteiger partial charge in [0, 0.05) is 32.4 Å². The van der Waals surface area contributed by atoms with Crippen LogP contribution in [-0.4, -0.2) is 27.9 Å². The second-order valence-electron chi connectivity index (χ2n) is 5.13. The van der Waals surface area contributed by atoms with Crippen molar-refractivity contribution >= 4 is 0 Å². The predicted molar refractivity (Wildman–Crippen MR) is 72.0 cm³/mol. The first-order chi connectivity index (χ1) is 9.33. The number of hydrogen-bond donors (Lipinski definition) is 1. The Balaban J connectivity index is 1.66. The predicted octanol–water partition coefficient (Wildman–Crippen LogP) is 1.66. The molecule has 1 saturated heterocycles. The third kappa shape index (κ3) is 2.87. The first-order valence-corrected chi connectivity index (χ1v) is 6.96. The van der Waals surface area contributed by atoms with Crippen LogP contribution in [0.15, 0.2) is 22.8 Å². The van der Waals surface area contributed by atoms with E-state index in [1.54, 1.807) is 6.26 Å². The minimum absolute atomic E-state index is 0.470. The summed E-state index contributed by atoms with van der Waals surface area (Å²) in [6.07, 6.45) is 5.86. The van der Waals surface area contributed by atoms with Crippen molar-refractivity contribution in [3.63, 3.8) is 0 Å². The molecule has 1 aliphatic rings. The third-order valence-corrected chi connectivity index (χ3v) is 3.71. The summed E-state index contributed by atoms with van der Waals surface area (Å²) < 4.78 is 7.26. The number of aryl methyl sites for hydroxylation is 3. The molecule has 1 fully saturated rings. The molecule has 1 atom stereocenters. The average molecular weight is 260 g/mol. The Morgan fingerprint density at radius 2 is 2.42 bits per heavy atom. The fourth-order valence-corrected chi connectivity index (χ4v) is 2.59. The van der Waals surface area contributed by atoms with E-state index in [9.17, 15) is 0 Å². The maximum atomic E-state index is 5.35. The van der Waals surface area contributed by atoms with Gasteiger partial charge in [0.15, 0.2) is 5.82 Å². The summed E-state index contributed by atoms with van der Waals surface area (Å²) in [5.41, 5.74) is 0. The highest BCUT2D eigenvalue weighted by Gasteiger charge is 2.20. The van der Waals surface area contributed by atoms with E-state index < -0.39 is 0 Å². The molecule has 102 valence electrons. The van der Waals surface area contributed by atoms with Crippen molar-refractivity contribution < 1.29 is 4.42 Å². The number of nitrogens with one attached hydrogen (secondary N) is 1. The molecule has 1 N–H and O–H groups in total. The monoisotopic (exact) mass is 260 g/mol. The van der Waals surface area contributed by atoms with E-state index in [0.29, 0.717) is 5.92 Å². The lowest BCUT2D eigenvalue weighted by molar-refractivity contribution is 0.445. The van der Waals surface area contributed by atoms with Gasteiger partial charge in [0.1, 0.15) is 11.6 Å². The summed E-state index contributed by atoms with van der Waals surface area (Å²) in [5.74, 6) is 3.50. The molecular weight excluding hydrogens is 240 g/mol. The van der Waals surface area contributed by atoms with E-state index in [2.05, 4.69) is 10.4 Å². The topological polar surface area (TPSA) is 55.9 Å². The maximum Gasteiger partial charge on any atom is 0.155 e. The number of piperidine rings is 1. The first-order valence-electron chi connectivity index (χ1n) is 6.96. The zero-order valence-electron chi connectivity index (χ0n) is 11.3. The van der Waals surface area contributed by atoms with Crippen LogP contribution in [0.3, 0.4) is 0 Å². The molecular formula is C14H20N4O. The van der Waals surface area contributed by atoms with Gasteiger partial charge in [-0.25, -0.2) is 4.98 Å². The molecule has 0 spiro atoms. The summed E-state index contributed by atoms with van der Waals surface area (Å²) in [4.78, 5) is 4.70. The second kappa shape index (κ2) is 5.57. The van der Waals surface area contributed by atoms with Gasteiger partial charge in [-0.05, 0) is 31.5 Å². The summed E-state index contributed by atoms with van der Waals surface area (Å²) in [6.45, 7) is 2.12. The van der Waals surface area contributed by atoms with Crippen LogP contribution >= 0.6 is 0 Å². The Kier molecular flexibility index (Phi) is 3.64. The Labute approximate surface area is 113 Å². The lowest BCUT2D eigenvalue weighted by Crippen LogP contribution is -2.29. The Morgan fingerprint density at radius 1 is 1.47 bits per heavy atom. The molecule has 19 heavy (non-hydrogen) atoms. The van der Waals surface area contributed by atoms with Gasteiger partial charge in [0.2, 0.25) is 0 Å². The largest absolute Gasteiger partial charge is 0.469 e. The highest BCUT2D eigenvalue weighted by atomic mass is 16.3. The molecule has 0 radical (unpaired) electrons. The average Bonchev–Trinajstić information content (AvgIpc) is 3.07. The van der Waals surface area contributed by atoms with Crippen molar-refractivity contribution in [2.24, 2.45) is 7.05 Å². The molecule has 0 aliphatic carbocycles. The van der Waals surface area contributed by atoms with Crippen molar-refractivity contribution in [3.8, 4) is 0 Å². The van der Waals surface area contributed by atoms with Crippen molar-refractivity contribution in [2.75, 3.05) is 13.1 Å². The van der Waals surface area contributed by atoms with Crippen LogP contribution in [-0.2, 0) is 19.9 Å². The van der Waals surface area contributed by atoms with Gasteiger partial charge in [-0.3, -0.25) is 4.68 Å². The Bertz CT molecular complexity index is 512. The lowest BCUT2D eigenvalue weighted by atomic mass is 9.99. The zero-order chi connectivity index (χ0) is 13.1. The van der Waals surface area contributed by atoms with E-state index in [4.69, 9.17) is 9.40 Å². The number of furan rings is 1. The number of nitrogens with zero attached hydrogens (tertiary/aromatic N) is 3. The van der Waals surface area contributed by atoms with Gasteiger partial charge in [0.05, 0.1) is 6.26 Å². The van der Waals surface area contributed by atoms with Gasteiger partial charge in [0.25, 0.3) is 0 Å². The highest BCUT2D eigenvalue weighted by molar-refractivity contribution is 5.04. The SMILES string of the molecule is Cn1nc(C2CCCNC2)nc1CCc1ccco1. The van der Waals surface area contributed by atoms with Gasteiger partial charge in [-0.1, -0.05) is 0 Å². The summed E-state index contributed by atoms with van der Waals surface area (Å²) in [5, 5.41) is 7.98. The van der Waals surface area contributed by atoms with Crippen LogP contribution in [0.4, 0.5) is 0 Å². The number of aromatic nitrogens is 3. The smallest absolute Gasteiger partial charge is 0.155 e. The van der Waals surface area contributed by atoms with Gasteiger partial charge in [-0.15, -0.1) is 0 Å². The number of hydrogen-bond acceptors (Lipinski definition) is 4. The first kappa shape index (κ1) is 12.4. The highest BCUT2D eigenvalue weighted by Crippen LogP contribution is 2.20. The van der Waals surface area contributed by atoms with Gasteiger partial charge >= 0.3 is 0 Å². The molecule has 5 nitrogen and oxygen atoms in total. The Morgan fingerprint density at radius 3 is 3.16 bits per heavy atom. The Hall–Kier alpha value is -1.62. The standard InChI is InChI=1S/C14H20N4O/c1-18-13(7-6-12-5-3-9-19-12)16-14(17-18)11-4-2-8-15-10-11/h3,5,9,11,15H,2,4,6-8,10H2,1H3. The van der Waals surface area contributed by atoms with Crippen LogP contribution in [0, 0.1) is 0 Å². The quantitative estimate of drug-likeness (QED) is 0.908. The summed E-state index contributed by atoms with van der Waals surface area (Å²) in [6, 6.07) is 3.92. The van der Waals surface area contributed by atoms with E-state index in [1.807, 2.05) is 23.9 Å². The van der Waals surface area contributed by atoms with Gasteiger partial charge in [-0.2, -0.15) is 5.10 Å². The van der Waals surface area contributed by atoms with Crippen molar-refractivity contribution in [1.29, 1.82) is 0 Å². The molecule has 2 aromatic heterocycles. The minimum Gasteiger partial charge on any atom is -0.469 e. The molecule has 0 amide bonds. The fraction of sp³-hybridized carbons (Fsp3) is 0.571. The molecule has 0 bridgehead atoms. The van der Waals surface area contributed by atoms with E-state index in [-0.39, 0.29) is 0 Å². The molecule has 3 heterocycles. The van der Waals surface area contributed by atoms with Crippen molar-refractivity contribution in [3.05, 3.63) is 35.8 Å². The normalized spacial score (nSPS) is 19.7. The van der Waals surface area contributed by atoms with Crippen LogP contribution < -0.4 is 5.32 Å². The van der Waals surface area contributed by atoms with Crippen LogP contribution in [0.1, 0.15) is 36.2 Å². The molecule has 5 heteroatoms. The van der Waals surface area contributed by atoms with Crippen molar-refractivity contribution in [2.45, 2.75) is 31.6 Å². The van der Waals surface area contributed by atoms with Gasteiger partial charge < -0.3 is 9.73 Å². The van der Waals surface area contributed by atoms with E-state index in [1.165, 1.54) is 12.8 Å². The molecule has 0 saturated carbocycles. The van der Waals surface area contributed by atoms with E-state index >= 15 is 0 Å². The maximum absolute atomic E-state index is 5.35. The summed E-state index contributed by atoms with van der Waals surface area (Å²) >= 11 is 0. The third-order valence-electron chi connectivity index (χ3n) is 3.71. The fourth-order valence-electron chi connectivity index (χ4n) is 2.59. The minimum atomic E-state index is 0.470. The molecule has 1 unspecified atom stereocenters. The van der Waals surface area contributed by atoms with Crippen molar-refractivity contribution in [1.82, 2.24) is 20.1 Å². The molecule has 2 aromatic rings. The second-order valence-corrected chi connectivity index (χ2v) is 5.13. The zero-order valence-corrected chi connectivity index (χ0v) is 11.3. The van der Waals surface area contributed by atoms with Crippen LogP contribution in [0.5, 0.6) is 0 Å². The molecule has 0 aromatic carbocycles.